The van der Waals surface area contributed by atoms with Gasteiger partial charge < -0.3 is 20.5 Å². The van der Waals surface area contributed by atoms with Crippen molar-refractivity contribution in [1.29, 1.82) is 0 Å². The van der Waals surface area contributed by atoms with Gasteiger partial charge in [-0.25, -0.2) is 9.78 Å². The molecular weight excluding hydrogens is 407 g/mol. The molecule has 0 bridgehead atoms. The first-order chi connectivity index (χ1) is 13.5. The van der Waals surface area contributed by atoms with Crippen LogP contribution in [-0.4, -0.2) is 33.0 Å². The second kappa shape index (κ2) is 8.68. The summed E-state index contributed by atoms with van der Waals surface area (Å²) in [5, 5.41) is 3.21. The lowest BCUT2D eigenvalue weighted by molar-refractivity contribution is 0.0455. The highest BCUT2D eigenvalue weighted by atomic mass is 35.5. The Morgan fingerprint density at radius 2 is 1.89 bits per heavy atom. The fraction of sp³-hybridized carbons (Fsp3) is 0.118. The van der Waals surface area contributed by atoms with E-state index in [1.807, 2.05) is 12.1 Å². The summed E-state index contributed by atoms with van der Waals surface area (Å²) in [6, 6.07) is 10.1. The van der Waals surface area contributed by atoms with Gasteiger partial charge in [0.05, 0.1) is 17.8 Å². The minimum atomic E-state index is -0.772. The highest BCUT2D eigenvalue weighted by molar-refractivity contribution is 6.34. The maximum absolute atomic E-state index is 12.2. The highest BCUT2D eigenvalue weighted by Crippen LogP contribution is 2.25. The molecule has 0 saturated carbocycles. The van der Waals surface area contributed by atoms with Crippen molar-refractivity contribution >= 4 is 46.8 Å². The molecule has 0 aliphatic heterocycles. The number of anilines is 3. The van der Waals surface area contributed by atoms with Gasteiger partial charge in [0.15, 0.2) is 18.1 Å². The van der Waals surface area contributed by atoms with Crippen molar-refractivity contribution in [3.8, 4) is 5.75 Å². The summed E-state index contributed by atoms with van der Waals surface area (Å²) in [7, 11) is 1.54. The summed E-state index contributed by atoms with van der Waals surface area (Å²) in [5.74, 6) is 0.0811. The average Bonchev–Trinajstić information content (AvgIpc) is 2.68. The normalized spacial score (nSPS) is 10.4. The summed E-state index contributed by atoms with van der Waals surface area (Å²) in [6.45, 7) is -0.267. The Balaban J connectivity index is 1.74. The average molecular weight is 421 g/mol. The molecule has 0 radical (unpaired) electrons. The molecule has 0 saturated heterocycles. The molecule has 0 atom stereocenters. The summed E-state index contributed by atoms with van der Waals surface area (Å²) < 4.78 is 10.4. The quantitative estimate of drug-likeness (QED) is 0.456. The fourth-order valence-corrected chi connectivity index (χ4v) is 2.52. The van der Waals surface area contributed by atoms with Crippen molar-refractivity contribution in [2.75, 3.05) is 18.2 Å². The zero-order chi connectivity index (χ0) is 20.1. The summed E-state index contributed by atoms with van der Waals surface area (Å²) in [6.07, 6.45) is 0. The maximum Gasteiger partial charge on any atom is 0.358 e. The van der Waals surface area contributed by atoms with Crippen LogP contribution in [0, 0.1) is 0 Å². The fourth-order valence-electron chi connectivity index (χ4n) is 2.19. The SMILES string of the molecule is COc1ccccc1Nc1nc(N)nc(COC(=O)c2nc(Cl)ccc2Cl)n1. The molecule has 0 amide bonds. The number of carbonyl (C=O) groups excluding carboxylic acids is 1. The molecule has 2 heterocycles. The van der Waals surface area contributed by atoms with Crippen molar-refractivity contribution < 1.29 is 14.3 Å². The zero-order valence-electron chi connectivity index (χ0n) is 14.5. The molecule has 2 aromatic heterocycles. The number of ether oxygens (including phenoxy) is 2. The van der Waals surface area contributed by atoms with E-state index in [1.165, 1.54) is 12.1 Å². The van der Waals surface area contributed by atoms with Crippen LogP contribution in [0.5, 0.6) is 5.75 Å². The number of benzene rings is 1. The predicted octanol–water partition coefficient (Wildman–Crippen LogP) is 3.26. The lowest BCUT2D eigenvalue weighted by Crippen LogP contribution is -2.12. The second-order valence-corrected chi connectivity index (χ2v) is 6.09. The molecule has 28 heavy (non-hydrogen) atoms. The molecule has 0 aliphatic carbocycles. The van der Waals surface area contributed by atoms with Crippen LogP contribution in [0.1, 0.15) is 16.3 Å². The molecule has 0 unspecified atom stereocenters. The number of nitrogens with one attached hydrogen (secondary N) is 1. The van der Waals surface area contributed by atoms with Crippen LogP contribution in [0.25, 0.3) is 0 Å². The first-order valence-electron chi connectivity index (χ1n) is 7.86. The molecule has 9 nitrogen and oxygen atoms in total. The van der Waals surface area contributed by atoms with Crippen LogP contribution in [0.15, 0.2) is 36.4 Å². The first-order valence-corrected chi connectivity index (χ1v) is 8.61. The Hall–Kier alpha value is -3.17. The van der Waals surface area contributed by atoms with Crippen LogP contribution in [0.2, 0.25) is 10.2 Å². The Labute approximate surface area is 169 Å². The standard InChI is InChI=1S/C17H14Cl2N6O3/c1-27-11-5-3-2-4-10(11)21-17-24-13(23-16(20)25-17)8-28-15(26)14-9(18)6-7-12(19)22-14/h2-7H,8H2,1H3,(H3,20,21,23,24,25). The molecule has 0 spiro atoms. The van der Waals surface area contributed by atoms with Gasteiger partial charge in [0.1, 0.15) is 10.9 Å². The predicted molar refractivity (Wildman–Crippen MR) is 104 cm³/mol. The second-order valence-electron chi connectivity index (χ2n) is 5.30. The van der Waals surface area contributed by atoms with E-state index in [9.17, 15) is 4.79 Å². The third-order valence-electron chi connectivity index (χ3n) is 3.39. The molecule has 0 fully saturated rings. The minimum Gasteiger partial charge on any atom is -0.495 e. The third-order valence-corrected chi connectivity index (χ3v) is 3.91. The molecule has 3 rings (SSSR count). The van der Waals surface area contributed by atoms with Crippen molar-refractivity contribution in [3.05, 3.63) is 58.1 Å². The van der Waals surface area contributed by atoms with E-state index in [0.29, 0.717) is 11.4 Å². The van der Waals surface area contributed by atoms with E-state index in [1.54, 1.807) is 19.2 Å². The third kappa shape index (κ3) is 4.76. The van der Waals surface area contributed by atoms with Gasteiger partial charge in [0.2, 0.25) is 11.9 Å². The van der Waals surface area contributed by atoms with Gasteiger partial charge in [0.25, 0.3) is 0 Å². The van der Waals surface area contributed by atoms with Crippen molar-refractivity contribution in [2.45, 2.75) is 6.61 Å². The van der Waals surface area contributed by atoms with E-state index in [0.717, 1.165) is 0 Å². The lowest BCUT2D eigenvalue weighted by Gasteiger charge is -2.11. The summed E-state index contributed by atoms with van der Waals surface area (Å²) in [4.78, 5) is 28.2. The smallest absolute Gasteiger partial charge is 0.358 e. The van der Waals surface area contributed by atoms with E-state index in [4.69, 9.17) is 38.4 Å². The number of aromatic nitrogens is 4. The van der Waals surface area contributed by atoms with Crippen LogP contribution in [-0.2, 0) is 11.3 Å². The zero-order valence-corrected chi connectivity index (χ0v) is 16.0. The number of hydrogen-bond donors (Lipinski definition) is 2. The molecule has 11 heteroatoms. The van der Waals surface area contributed by atoms with Gasteiger partial charge in [-0.05, 0) is 24.3 Å². The number of nitrogens with two attached hydrogens (primary N) is 1. The number of carbonyl (C=O) groups is 1. The minimum absolute atomic E-state index is 0.0441. The number of methoxy groups -OCH3 is 1. The lowest BCUT2D eigenvalue weighted by atomic mass is 10.3. The van der Waals surface area contributed by atoms with E-state index in [-0.39, 0.29) is 40.2 Å². The van der Waals surface area contributed by atoms with Crippen LogP contribution in [0.3, 0.4) is 0 Å². The molecule has 3 aromatic rings. The monoisotopic (exact) mass is 420 g/mol. The van der Waals surface area contributed by atoms with Crippen molar-refractivity contribution in [2.24, 2.45) is 0 Å². The largest absolute Gasteiger partial charge is 0.495 e. The van der Waals surface area contributed by atoms with E-state index < -0.39 is 5.97 Å². The first kappa shape index (κ1) is 19.6. The van der Waals surface area contributed by atoms with Crippen LogP contribution >= 0.6 is 23.2 Å². The number of nitrogen functional groups attached to an aromatic ring is 1. The summed E-state index contributed by atoms with van der Waals surface area (Å²) >= 11 is 11.7. The number of esters is 1. The van der Waals surface area contributed by atoms with E-state index >= 15 is 0 Å². The number of hydrogen-bond acceptors (Lipinski definition) is 9. The highest BCUT2D eigenvalue weighted by Gasteiger charge is 2.16. The van der Waals surface area contributed by atoms with Gasteiger partial charge in [-0.3, -0.25) is 0 Å². The van der Waals surface area contributed by atoms with Gasteiger partial charge in [-0.15, -0.1) is 0 Å². The van der Waals surface area contributed by atoms with Crippen molar-refractivity contribution in [1.82, 2.24) is 19.9 Å². The summed E-state index contributed by atoms with van der Waals surface area (Å²) in [5.41, 5.74) is 6.25. The van der Waals surface area contributed by atoms with E-state index in [2.05, 4.69) is 25.3 Å². The van der Waals surface area contributed by atoms with Crippen molar-refractivity contribution in [3.63, 3.8) is 0 Å². The molecular formula is C17H14Cl2N6O3. The van der Waals surface area contributed by atoms with Crippen LogP contribution < -0.4 is 15.8 Å². The molecule has 1 aromatic carbocycles. The molecule has 0 aliphatic rings. The number of para-hydroxylation sites is 2. The molecule has 3 N–H and O–H groups in total. The Kier molecular flexibility index (Phi) is 6.07. The topological polar surface area (TPSA) is 125 Å². The number of nitrogens with zero attached hydrogens (tertiary/aromatic N) is 4. The number of rotatable bonds is 6. The van der Waals surface area contributed by atoms with Gasteiger partial charge in [0, 0.05) is 0 Å². The van der Waals surface area contributed by atoms with Crippen LogP contribution in [0.4, 0.5) is 17.6 Å². The maximum atomic E-state index is 12.2. The number of pyridine rings is 1. The van der Waals surface area contributed by atoms with Gasteiger partial charge in [-0.1, -0.05) is 35.3 Å². The van der Waals surface area contributed by atoms with Gasteiger partial charge in [-0.2, -0.15) is 15.0 Å². The Morgan fingerprint density at radius 3 is 2.68 bits per heavy atom. The Bertz CT molecular complexity index is 1020. The van der Waals surface area contributed by atoms with Gasteiger partial charge >= 0.3 is 5.97 Å². The number of halogens is 2. The Morgan fingerprint density at radius 1 is 1.11 bits per heavy atom. The molecule has 144 valence electrons.